The van der Waals surface area contributed by atoms with Crippen molar-refractivity contribution in [1.82, 2.24) is 0 Å². The van der Waals surface area contributed by atoms with Crippen molar-refractivity contribution in [3.05, 3.63) is 29.8 Å². The third-order valence-corrected chi connectivity index (χ3v) is 5.78. The van der Waals surface area contributed by atoms with Crippen molar-refractivity contribution >= 4 is 15.8 Å². The maximum absolute atomic E-state index is 12.3. The van der Waals surface area contributed by atoms with Crippen LogP contribution in [-0.2, 0) is 14.6 Å². The Hall–Kier alpha value is -1.36. The minimum atomic E-state index is -3.32. The van der Waals surface area contributed by atoms with Gasteiger partial charge in [-0.2, -0.15) is 0 Å². The van der Waals surface area contributed by atoms with E-state index in [0.717, 1.165) is 31.9 Å². The van der Waals surface area contributed by atoms with Crippen LogP contribution in [0.4, 0.5) is 0 Å². The highest BCUT2D eigenvalue weighted by molar-refractivity contribution is 7.90. The Morgan fingerprint density at radius 3 is 2.26 bits per heavy atom. The molecule has 0 saturated heterocycles. The minimum absolute atomic E-state index is 0.0667. The van der Waals surface area contributed by atoms with E-state index in [-0.39, 0.29) is 11.0 Å². The molecule has 0 heterocycles. The molecule has 0 unspecified atom stereocenters. The lowest BCUT2D eigenvalue weighted by Crippen LogP contribution is -2.30. The van der Waals surface area contributed by atoms with Crippen LogP contribution >= 0.6 is 0 Å². The maximum atomic E-state index is 12.3. The van der Waals surface area contributed by atoms with Gasteiger partial charge >= 0.3 is 5.97 Å². The summed E-state index contributed by atoms with van der Waals surface area (Å²) in [4.78, 5) is 12.4. The van der Waals surface area contributed by atoms with Crippen molar-refractivity contribution in [3.8, 4) is 0 Å². The van der Waals surface area contributed by atoms with Crippen LogP contribution in [-0.4, -0.2) is 26.7 Å². The van der Waals surface area contributed by atoms with Gasteiger partial charge in [0.05, 0.1) is 10.5 Å². The molecule has 0 atom stereocenters. The van der Waals surface area contributed by atoms with Gasteiger partial charge in [0.15, 0.2) is 9.84 Å². The standard InChI is InChI=1S/C18H26O4S/c1-18(2,3)14-8-10-15(11-9-14)22-17(19)13-6-5-7-16(12-13)23(4,20)21/h5-7,12,14-15H,8-11H2,1-4H3. The van der Waals surface area contributed by atoms with E-state index in [9.17, 15) is 13.2 Å². The van der Waals surface area contributed by atoms with Crippen molar-refractivity contribution < 1.29 is 17.9 Å². The van der Waals surface area contributed by atoms with Crippen LogP contribution in [0.25, 0.3) is 0 Å². The zero-order chi connectivity index (χ0) is 17.3. The number of benzene rings is 1. The summed E-state index contributed by atoms with van der Waals surface area (Å²) in [7, 11) is -3.32. The second-order valence-electron chi connectivity index (χ2n) is 7.54. The Bertz CT molecular complexity index is 663. The number of rotatable bonds is 3. The fraction of sp³-hybridized carbons (Fsp3) is 0.611. The van der Waals surface area contributed by atoms with E-state index in [1.54, 1.807) is 12.1 Å². The lowest BCUT2D eigenvalue weighted by molar-refractivity contribution is 0.00927. The van der Waals surface area contributed by atoms with Crippen LogP contribution in [0.5, 0.6) is 0 Å². The van der Waals surface area contributed by atoms with Crippen molar-refractivity contribution in [2.24, 2.45) is 11.3 Å². The molecule has 0 amide bonds. The van der Waals surface area contributed by atoms with Gasteiger partial charge in [0.2, 0.25) is 0 Å². The van der Waals surface area contributed by atoms with Crippen LogP contribution in [0.1, 0.15) is 56.8 Å². The molecule has 5 heteroatoms. The van der Waals surface area contributed by atoms with E-state index in [4.69, 9.17) is 4.74 Å². The SMILES string of the molecule is CC(C)(C)C1CCC(OC(=O)c2cccc(S(C)(=O)=O)c2)CC1. The topological polar surface area (TPSA) is 60.4 Å². The molecule has 1 aromatic carbocycles. The Balaban J connectivity index is 1.99. The molecule has 1 fully saturated rings. The summed E-state index contributed by atoms with van der Waals surface area (Å²) in [5.74, 6) is 0.223. The molecular weight excluding hydrogens is 312 g/mol. The summed E-state index contributed by atoms with van der Waals surface area (Å²) in [6, 6.07) is 6.04. The Morgan fingerprint density at radius 1 is 1.13 bits per heavy atom. The lowest BCUT2D eigenvalue weighted by Gasteiger charge is -2.36. The Labute approximate surface area is 139 Å². The molecule has 128 valence electrons. The van der Waals surface area contributed by atoms with Gasteiger partial charge in [-0.3, -0.25) is 0 Å². The number of esters is 1. The molecule has 2 rings (SSSR count). The van der Waals surface area contributed by atoms with E-state index in [2.05, 4.69) is 20.8 Å². The van der Waals surface area contributed by atoms with E-state index < -0.39 is 15.8 Å². The van der Waals surface area contributed by atoms with E-state index >= 15 is 0 Å². The van der Waals surface area contributed by atoms with Crippen LogP contribution < -0.4 is 0 Å². The number of sulfone groups is 1. The molecule has 1 aromatic rings. The Kier molecular flexibility index (Phi) is 5.19. The number of ether oxygens (including phenoxy) is 1. The van der Waals surface area contributed by atoms with Gasteiger partial charge in [0.25, 0.3) is 0 Å². The minimum Gasteiger partial charge on any atom is -0.459 e. The smallest absolute Gasteiger partial charge is 0.338 e. The van der Waals surface area contributed by atoms with Crippen molar-refractivity contribution in [1.29, 1.82) is 0 Å². The Morgan fingerprint density at radius 2 is 1.74 bits per heavy atom. The first kappa shape index (κ1) is 18.0. The molecule has 1 saturated carbocycles. The van der Waals surface area contributed by atoms with Crippen LogP contribution in [0.3, 0.4) is 0 Å². The zero-order valence-electron chi connectivity index (χ0n) is 14.3. The van der Waals surface area contributed by atoms with Crippen molar-refractivity contribution in [2.75, 3.05) is 6.26 Å². The molecule has 23 heavy (non-hydrogen) atoms. The van der Waals surface area contributed by atoms with Crippen LogP contribution in [0, 0.1) is 11.3 Å². The first-order valence-electron chi connectivity index (χ1n) is 8.08. The highest BCUT2D eigenvalue weighted by Crippen LogP contribution is 2.38. The number of hydrogen-bond acceptors (Lipinski definition) is 4. The molecule has 0 aromatic heterocycles. The van der Waals surface area contributed by atoms with Gasteiger partial charge in [-0.15, -0.1) is 0 Å². The van der Waals surface area contributed by atoms with Crippen LogP contribution in [0.15, 0.2) is 29.2 Å². The molecule has 0 aliphatic heterocycles. The van der Waals surface area contributed by atoms with E-state index in [0.29, 0.717) is 16.9 Å². The van der Waals surface area contributed by atoms with E-state index in [1.807, 2.05) is 0 Å². The van der Waals surface area contributed by atoms with Gasteiger partial charge in [0.1, 0.15) is 6.10 Å². The predicted octanol–water partition coefficient (Wildman–Crippen LogP) is 3.85. The summed E-state index contributed by atoms with van der Waals surface area (Å²) in [6.45, 7) is 6.75. The zero-order valence-corrected chi connectivity index (χ0v) is 15.2. The second-order valence-corrected chi connectivity index (χ2v) is 9.56. The molecule has 1 aliphatic carbocycles. The average Bonchev–Trinajstić information content (AvgIpc) is 2.46. The highest BCUT2D eigenvalue weighted by Gasteiger charge is 2.31. The highest BCUT2D eigenvalue weighted by atomic mass is 32.2. The number of carbonyl (C=O) groups is 1. The van der Waals surface area contributed by atoms with Gasteiger partial charge < -0.3 is 4.74 Å². The van der Waals surface area contributed by atoms with Gasteiger partial charge in [-0.25, -0.2) is 13.2 Å². The first-order chi connectivity index (χ1) is 10.6. The van der Waals surface area contributed by atoms with Crippen molar-refractivity contribution in [2.45, 2.75) is 57.5 Å². The van der Waals surface area contributed by atoms with Crippen LogP contribution in [0.2, 0.25) is 0 Å². The first-order valence-corrected chi connectivity index (χ1v) is 9.97. The average molecular weight is 338 g/mol. The third-order valence-electron chi connectivity index (χ3n) is 4.67. The van der Waals surface area contributed by atoms with Gasteiger partial charge in [-0.1, -0.05) is 26.8 Å². The number of hydrogen-bond donors (Lipinski definition) is 0. The molecule has 1 aliphatic rings. The molecule has 4 nitrogen and oxygen atoms in total. The quantitative estimate of drug-likeness (QED) is 0.785. The fourth-order valence-corrected chi connectivity index (χ4v) is 3.79. The fourth-order valence-electron chi connectivity index (χ4n) is 3.12. The summed E-state index contributed by atoms with van der Waals surface area (Å²) >= 11 is 0. The van der Waals surface area contributed by atoms with Gasteiger partial charge in [0, 0.05) is 6.26 Å². The van der Waals surface area contributed by atoms with Gasteiger partial charge in [-0.05, 0) is 55.2 Å². The summed E-state index contributed by atoms with van der Waals surface area (Å²) in [6.07, 6.45) is 4.93. The van der Waals surface area contributed by atoms with E-state index in [1.165, 1.54) is 12.1 Å². The summed E-state index contributed by atoms with van der Waals surface area (Å²) in [5, 5.41) is 0. The molecule has 0 radical (unpaired) electrons. The predicted molar refractivity (Wildman–Crippen MR) is 90.2 cm³/mol. The molecule has 0 bridgehead atoms. The van der Waals surface area contributed by atoms with Crippen molar-refractivity contribution in [3.63, 3.8) is 0 Å². The summed E-state index contributed by atoms with van der Waals surface area (Å²) < 4.78 is 28.7. The maximum Gasteiger partial charge on any atom is 0.338 e. The monoisotopic (exact) mass is 338 g/mol. The normalized spacial score (nSPS) is 22.6. The summed E-state index contributed by atoms with van der Waals surface area (Å²) in [5.41, 5.74) is 0.588. The molecular formula is C18H26O4S. The number of carbonyl (C=O) groups excluding carboxylic acids is 1. The third kappa shape index (κ3) is 4.80. The molecule has 0 N–H and O–H groups in total. The largest absolute Gasteiger partial charge is 0.459 e. The lowest BCUT2D eigenvalue weighted by atomic mass is 9.72. The molecule has 0 spiro atoms. The second kappa shape index (κ2) is 6.63.